The predicted molar refractivity (Wildman–Crippen MR) is 41.7 cm³/mol. The lowest BCUT2D eigenvalue weighted by Crippen LogP contribution is -2.40. The van der Waals surface area contributed by atoms with Crippen molar-refractivity contribution in [2.75, 3.05) is 0 Å². The van der Waals surface area contributed by atoms with Crippen molar-refractivity contribution >= 4 is 5.71 Å². The highest BCUT2D eigenvalue weighted by molar-refractivity contribution is 5.83. The van der Waals surface area contributed by atoms with E-state index in [2.05, 4.69) is 0 Å². The van der Waals surface area contributed by atoms with E-state index in [0.717, 1.165) is 0 Å². The molecule has 0 fully saturated rings. The largest absolute Gasteiger partial charge is 0.390 e. The number of nitrogens with one attached hydrogen (secondary N) is 1. The van der Waals surface area contributed by atoms with E-state index in [-0.39, 0.29) is 5.71 Å². The Kier molecular flexibility index (Phi) is 4.25. The van der Waals surface area contributed by atoms with E-state index in [1.165, 1.54) is 6.92 Å². The molecule has 0 rings (SSSR count). The van der Waals surface area contributed by atoms with E-state index in [4.69, 9.17) is 20.7 Å². The van der Waals surface area contributed by atoms with Gasteiger partial charge in [0.25, 0.3) is 0 Å². The van der Waals surface area contributed by atoms with Gasteiger partial charge in [0.2, 0.25) is 0 Å². The third-order valence-electron chi connectivity index (χ3n) is 1.58. The van der Waals surface area contributed by atoms with Crippen molar-refractivity contribution in [3.63, 3.8) is 0 Å². The Balaban J connectivity index is 4.00. The zero-order valence-electron chi connectivity index (χ0n) is 6.78. The first kappa shape index (κ1) is 10.6. The molecule has 4 heteroatoms. The standard InChI is InChI=1S/C7H15NO3/c1-3-5(9)7(11)6(10)4(2)8/h5-11H,3H2,1-2H3/t5?,6-,7?/m1/s1. The van der Waals surface area contributed by atoms with Crippen LogP contribution in [0, 0.1) is 5.41 Å². The lowest BCUT2D eigenvalue weighted by Gasteiger charge is -2.20. The summed E-state index contributed by atoms with van der Waals surface area (Å²) in [7, 11) is 0. The van der Waals surface area contributed by atoms with Crippen molar-refractivity contribution in [3.05, 3.63) is 0 Å². The average Bonchev–Trinajstić information content (AvgIpc) is 2.00. The van der Waals surface area contributed by atoms with E-state index >= 15 is 0 Å². The molecule has 3 atom stereocenters. The van der Waals surface area contributed by atoms with Gasteiger partial charge in [-0.2, -0.15) is 0 Å². The molecule has 0 aromatic rings. The molecule has 11 heavy (non-hydrogen) atoms. The average molecular weight is 161 g/mol. The molecular weight excluding hydrogens is 146 g/mol. The Morgan fingerprint density at radius 3 is 2.09 bits per heavy atom. The zero-order chi connectivity index (χ0) is 9.02. The van der Waals surface area contributed by atoms with Crippen molar-refractivity contribution in [1.29, 1.82) is 5.41 Å². The molecule has 66 valence electrons. The van der Waals surface area contributed by atoms with Gasteiger partial charge in [0.1, 0.15) is 12.2 Å². The molecule has 0 bridgehead atoms. The Hall–Kier alpha value is -0.450. The van der Waals surface area contributed by atoms with Crippen molar-refractivity contribution in [2.24, 2.45) is 0 Å². The van der Waals surface area contributed by atoms with Crippen LogP contribution in [0.5, 0.6) is 0 Å². The summed E-state index contributed by atoms with van der Waals surface area (Å²) in [6.45, 7) is 3.08. The van der Waals surface area contributed by atoms with Crippen LogP contribution in [0.15, 0.2) is 0 Å². The molecule has 0 aliphatic heterocycles. The minimum atomic E-state index is -1.25. The molecule has 0 amide bonds. The fraction of sp³-hybridized carbons (Fsp3) is 0.857. The zero-order valence-corrected chi connectivity index (χ0v) is 6.78. The van der Waals surface area contributed by atoms with Crippen LogP contribution in [0.4, 0.5) is 0 Å². The fourth-order valence-corrected chi connectivity index (χ4v) is 0.708. The van der Waals surface area contributed by atoms with Gasteiger partial charge in [-0.3, -0.25) is 0 Å². The molecule has 2 unspecified atom stereocenters. The van der Waals surface area contributed by atoms with Gasteiger partial charge in [0.05, 0.1) is 6.10 Å². The minimum absolute atomic E-state index is 0.0370. The molecule has 0 aliphatic rings. The molecule has 0 radical (unpaired) electrons. The number of aliphatic hydroxyl groups excluding tert-OH is 3. The van der Waals surface area contributed by atoms with E-state index in [9.17, 15) is 0 Å². The van der Waals surface area contributed by atoms with E-state index in [1.807, 2.05) is 0 Å². The van der Waals surface area contributed by atoms with Crippen LogP contribution >= 0.6 is 0 Å². The maximum atomic E-state index is 9.12. The van der Waals surface area contributed by atoms with Crippen molar-refractivity contribution < 1.29 is 15.3 Å². The monoisotopic (exact) mass is 161 g/mol. The molecule has 0 aromatic heterocycles. The molecule has 0 saturated carbocycles. The second-order valence-electron chi connectivity index (χ2n) is 2.59. The quantitative estimate of drug-likeness (QED) is 0.420. The summed E-state index contributed by atoms with van der Waals surface area (Å²) in [6, 6.07) is 0. The van der Waals surface area contributed by atoms with Crippen molar-refractivity contribution in [2.45, 2.75) is 38.6 Å². The Morgan fingerprint density at radius 2 is 1.82 bits per heavy atom. The summed E-state index contributed by atoms with van der Waals surface area (Å²) in [6.07, 6.45) is -3.07. The molecule has 4 N–H and O–H groups in total. The van der Waals surface area contributed by atoms with E-state index in [1.54, 1.807) is 6.92 Å². The molecule has 0 aliphatic carbocycles. The van der Waals surface area contributed by atoms with Crippen molar-refractivity contribution in [1.82, 2.24) is 0 Å². The third-order valence-corrected chi connectivity index (χ3v) is 1.58. The molecule has 0 saturated heterocycles. The first-order valence-electron chi connectivity index (χ1n) is 3.60. The lowest BCUT2D eigenvalue weighted by atomic mass is 10.0. The van der Waals surface area contributed by atoms with Gasteiger partial charge in [-0.1, -0.05) is 6.92 Å². The Labute approximate surface area is 66.0 Å². The summed E-state index contributed by atoms with van der Waals surface area (Å²) in [4.78, 5) is 0. The van der Waals surface area contributed by atoms with Gasteiger partial charge in [-0.25, -0.2) is 0 Å². The molecular formula is C7H15NO3. The molecule has 0 heterocycles. The van der Waals surface area contributed by atoms with Crippen LogP contribution in [0.3, 0.4) is 0 Å². The maximum absolute atomic E-state index is 9.12. The summed E-state index contributed by atoms with van der Waals surface area (Å²) in [5.41, 5.74) is -0.0370. The smallest absolute Gasteiger partial charge is 0.119 e. The second-order valence-corrected chi connectivity index (χ2v) is 2.59. The fourth-order valence-electron chi connectivity index (χ4n) is 0.708. The molecule has 0 spiro atoms. The predicted octanol–water partition coefficient (Wildman–Crippen LogP) is -0.481. The maximum Gasteiger partial charge on any atom is 0.119 e. The number of aliphatic hydroxyl groups is 3. The van der Waals surface area contributed by atoms with E-state index in [0.29, 0.717) is 6.42 Å². The van der Waals surface area contributed by atoms with Crippen LogP contribution in [0.2, 0.25) is 0 Å². The number of rotatable bonds is 4. The summed E-state index contributed by atoms with van der Waals surface area (Å²) in [5.74, 6) is 0. The van der Waals surface area contributed by atoms with Gasteiger partial charge >= 0.3 is 0 Å². The lowest BCUT2D eigenvalue weighted by molar-refractivity contribution is -0.0356. The Morgan fingerprint density at radius 1 is 1.36 bits per heavy atom. The highest BCUT2D eigenvalue weighted by atomic mass is 16.4. The highest BCUT2D eigenvalue weighted by Crippen LogP contribution is 2.04. The molecule has 0 aromatic carbocycles. The van der Waals surface area contributed by atoms with E-state index < -0.39 is 18.3 Å². The topological polar surface area (TPSA) is 84.5 Å². The second kappa shape index (κ2) is 4.43. The first-order valence-corrected chi connectivity index (χ1v) is 3.60. The van der Waals surface area contributed by atoms with Crippen LogP contribution in [-0.4, -0.2) is 39.3 Å². The third kappa shape index (κ3) is 2.96. The summed E-state index contributed by atoms with van der Waals surface area (Å²) in [5, 5.41) is 34.2. The highest BCUT2D eigenvalue weighted by Gasteiger charge is 2.24. The number of hydrogen-bond acceptors (Lipinski definition) is 4. The van der Waals surface area contributed by atoms with Gasteiger partial charge < -0.3 is 20.7 Å². The summed E-state index contributed by atoms with van der Waals surface area (Å²) >= 11 is 0. The van der Waals surface area contributed by atoms with Gasteiger partial charge in [-0.15, -0.1) is 0 Å². The Bertz CT molecular complexity index is 138. The first-order chi connectivity index (χ1) is 5.00. The van der Waals surface area contributed by atoms with Crippen LogP contribution in [-0.2, 0) is 0 Å². The van der Waals surface area contributed by atoms with Crippen LogP contribution in [0.25, 0.3) is 0 Å². The van der Waals surface area contributed by atoms with Crippen LogP contribution in [0.1, 0.15) is 20.3 Å². The van der Waals surface area contributed by atoms with Gasteiger partial charge in [0.15, 0.2) is 0 Å². The van der Waals surface area contributed by atoms with Gasteiger partial charge in [0, 0.05) is 5.71 Å². The van der Waals surface area contributed by atoms with Gasteiger partial charge in [-0.05, 0) is 13.3 Å². The summed E-state index contributed by atoms with van der Waals surface area (Å²) < 4.78 is 0. The SMILES string of the molecule is CCC(O)C(O)[C@H](O)C(C)=N. The minimum Gasteiger partial charge on any atom is -0.390 e. The van der Waals surface area contributed by atoms with Crippen molar-refractivity contribution in [3.8, 4) is 0 Å². The number of hydrogen-bond donors (Lipinski definition) is 4. The normalized spacial score (nSPS) is 19.0. The molecule has 4 nitrogen and oxygen atoms in total. The van der Waals surface area contributed by atoms with Crippen LogP contribution < -0.4 is 0 Å².